The highest BCUT2D eigenvalue weighted by Crippen LogP contribution is 2.68. The Labute approximate surface area is 212 Å². The zero-order valence-electron chi connectivity index (χ0n) is 17.7. The number of imide groups is 2. The third kappa shape index (κ3) is 2.45. The van der Waals surface area contributed by atoms with Crippen LogP contribution in [-0.4, -0.2) is 23.6 Å². The fourth-order valence-corrected chi connectivity index (χ4v) is 7.82. The Morgan fingerprint density at radius 3 is 1.18 bits per heavy atom. The maximum absolute atomic E-state index is 13.6. The third-order valence-corrected chi connectivity index (χ3v) is 9.57. The summed E-state index contributed by atoms with van der Waals surface area (Å²) in [6, 6.07) is 14.3. The average Bonchev–Trinajstić information content (AvgIpc) is 3.19. The first-order valence-electron chi connectivity index (χ1n) is 11.3. The molecule has 2 aliphatic heterocycles. The van der Waals surface area contributed by atoms with Crippen molar-refractivity contribution in [1.82, 2.24) is 0 Å². The van der Waals surface area contributed by atoms with Crippen LogP contribution in [0.4, 0.5) is 11.4 Å². The molecule has 2 saturated heterocycles. The second-order valence-corrected chi connectivity index (χ2v) is 11.6. The van der Waals surface area contributed by atoms with E-state index in [-0.39, 0.29) is 47.3 Å². The number of allylic oxidation sites excluding steroid dienone is 2. The van der Waals surface area contributed by atoms with Crippen LogP contribution in [0.25, 0.3) is 0 Å². The molecule has 8 heteroatoms. The normalized spacial score (nSPS) is 37.1. The van der Waals surface area contributed by atoms with Crippen molar-refractivity contribution < 1.29 is 19.2 Å². The molecule has 34 heavy (non-hydrogen) atoms. The van der Waals surface area contributed by atoms with Gasteiger partial charge in [0.2, 0.25) is 23.6 Å². The van der Waals surface area contributed by atoms with E-state index in [1.54, 1.807) is 24.3 Å². The van der Waals surface area contributed by atoms with E-state index in [0.29, 0.717) is 11.4 Å². The van der Waals surface area contributed by atoms with Gasteiger partial charge in [-0.25, -0.2) is 0 Å². The van der Waals surface area contributed by atoms with Gasteiger partial charge < -0.3 is 0 Å². The largest absolute Gasteiger partial charge is 0.274 e. The number of fused-ring (bicyclic) bond motifs is 1. The lowest BCUT2D eigenvalue weighted by Gasteiger charge is -2.60. The summed E-state index contributed by atoms with van der Waals surface area (Å²) >= 11 is 6.79. The maximum Gasteiger partial charge on any atom is 0.238 e. The van der Waals surface area contributed by atoms with Gasteiger partial charge in [-0.3, -0.25) is 29.0 Å². The van der Waals surface area contributed by atoms with Crippen LogP contribution in [0, 0.1) is 47.3 Å². The van der Waals surface area contributed by atoms with Gasteiger partial charge >= 0.3 is 0 Å². The monoisotopic (exact) mass is 580 g/mol. The van der Waals surface area contributed by atoms with Crippen molar-refractivity contribution in [3.8, 4) is 0 Å². The highest BCUT2D eigenvalue weighted by molar-refractivity contribution is 9.10. The SMILES string of the molecule is O=C1[C@@H]2[C@H]3C=C[C@@H]([C@@H]2C(=O)N1c1ccc(Br)cc1)[C@@H]1[C@@H]2C(=O)N(c4ccc(Br)cc4)C(=O)[C@@H]2[C@H]31. The van der Waals surface area contributed by atoms with Crippen molar-refractivity contribution in [1.29, 1.82) is 0 Å². The summed E-state index contributed by atoms with van der Waals surface area (Å²) in [7, 11) is 0. The van der Waals surface area contributed by atoms with E-state index < -0.39 is 23.7 Å². The summed E-state index contributed by atoms with van der Waals surface area (Å²) in [5, 5.41) is 0. The topological polar surface area (TPSA) is 74.8 Å². The highest BCUT2D eigenvalue weighted by Gasteiger charge is 2.75. The second kappa shape index (κ2) is 6.98. The lowest BCUT2D eigenvalue weighted by molar-refractivity contribution is -0.166. The molecular weight excluding hydrogens is 564 g/mol. The number of amides is 4. The van der Waals surface area contributed by atoms with Crippen LogP contribution in [0.5, 0.6) is 0 Å². The lowest BCUT2D eigenvalue weighted by atomic mass is 9.40. The molecule has 4 fully saturated rings. The van der Waals surface area contributed by atoms with E-state index >= 15 is 0 Å². The summed E-state index contributed by atoms with van der Waals surface area (Å²) < 4.78 is 1.74. The first-order chi connectivity index (χ1) is 16.4. The van der Waals surface area contributed by atoms with Crippen molar-refractivity contribution >= 4 is 66.9 Å². The van der Waals surface area contributed by atoms with E-state index in [0.717, 1.165) is 8.95 Å². The Morgan fingerprint density at radius 1 is 0.500 bits per heavy atom. The molecule has 8 rings (SSSR count). The van der Waals surface area contributed by atoms with Crippen LogP contribution in [0.15, 0.2) is 69.6 Å². The van der Waals surface area contributed by atoms with Crippen molar-refractivity contribution in [2.24, 2.45) is 47.3 Å². The minimum absolute atomic E-state index is 0.0835. The van der Waals surface area contributed by atoms with Crippen LogP contribution in [0.1, 0.15) is 0 Å². The molecule has 0 aromatic heterocycles. The van der Waals surface area contributed by atoms with Gasteiger partial charge in [0.15, 0.2) is 0 Å². The molecule has 170 valence electrons. The summed E-state index contributed by atoms with van der Waals surface area (Å²) in [6.45, 7) is 0. The Balaban J connectivity index is 1.25. The third-order valence-electron chi connectivity index (χ3n) is 8.51. The fraction of sp³-hybridized carbons (Fsp3) is 0.308. The van der Waals surface area contributed by atoms with E-state index in [4.69, 9.17) is 0 Å². The smallest absolute Gasteiger partial charge is 0.238 e. The molecule has 4 aliphatic carbocycles. The minimum Gasteiger partial charge on any atom is -0.274 e. The Morgan fingerprint density at radius 2 is 0.824 bits per heavy atom. The van der Waals surface area contributed by atoms with Crippen molar-refractivity contribution in [3.05, 3.63) is 69.6 Å². The molecule has 2 saturated carbocycles. The van der Waals surface area contributed by atoms with Gasteiger partial charge in [-0.05, 0) is 72.2 Å². The van der Waals surface area contributed by atoms with E-state index in [1.165, 1.54) is 9.80 Å². The molecule has 2 aromatic carbocycles. The van der Waals surface area contributed by atoms with Gasteiger partial charge in [-0.15, -0.1) is 0 Å². The zero-order chi connectivity index (χ0) is 23.5. The number of nitrogens with zero attached hydrogens (tertiary/aromatic N) is 2. The summed E-state index contributed by atoms with van der Waals surface area (Å²) in [5.74, 6) is -3.14. The van der Waals surface area contributed by atoms with Crippen molar-refractivity contribution in [2.45, 2.75) is 0 Å². The molecule has 6 aliphatic rings. The van der Waals surface area contributed by atoms with Gasteiger partial charge in [-0.1, -0.05) is 44.0 Å². The van der Waals surface area contributed by atoms with Gasteiger partial charge in [0, 0.05) is 8.95 Å². The van der Waals surface area contributed by atoms with Gasteiger partial charge in [0.05, 0.1) is 35.0 Å². The number of rotatable bonds is 2. The molecule has 4 amide bonds. The number of hydrogen-bond donors (Lipinski definition) is 0. The Hall–Kier alpha value is -2.58. The molecule has 0 unspecified atom stereocenters. The first-order valence-corrected chi connectivity index (χ1v) is 12.9. The fourth-order valence-electron chi connectivity index (χ4n) is 7.29. The van der Waals surface area contributed by atoms with E-state index in [9.17, 15) is 19.2 Å². The van der Waals surface area contributed by atoms with Crippen LogP contribution in [0.2, 0.25) is 0 Å². The average molecular weight is 582 g/mol. The van der Waals surface area contributed by atoms with Crippen LogP contribution >= 0.6 is 31.9 Å². The Bertz CT molecular complexity index is 1270. The summed E-state index contributed by atoms with van der Waals surface area (Å²) in [6.07, 6.45) is 4.05. The van der Waals surface area contributed by atoms with Gasteiger partial charge in [0.25, 0.3) is 0 Å². The van der Waals surface area contributed by atoms with Gasteiger partial charge in [0.1, 0.15) is 0 Å². The molecule has 0 radical (unpaired) electrons. The number of benzene rings is 2. The molecule has 0 N–H and O–H groups in total. The maximum atomic E-state index is 13.6. The van der Waals surface area contributed by atoms with Crippen LogP contribution < -0.4 is 9.80 Å². The Kier molecular flexibility index (Phi) is 4.26. The first kappa shape index (κ1) is 20.8. The lowest BCUT2D eigenvalue weighted by Crippen LogP contribution is -2.63. The number of carbonyl (C=O) groups is 4. The summed E-state index contributed by atoms with van der Waals surface area (Å²) in [5.41, 5.74) is 1.13. The summed E-state index contributed by atoms with van der Waals surface area (Å²) in [4.78, 5) is 56.6. The standard InChI is InChI=1S/C26H18Br2N2O4/c27-11-1-5-13(6-2-11)29-23(31)19-15-9-10-16(20(19)24(29)32)18-17(15)21-22(18)26(34)30(25(21)33)14-7-3-12(28)4-8-14/h1-10,15-22H/t15-,16+,17+,18-,19+,20-,21+,22-. The second-order valence-electron chi connectivity index (χ2n) is 9.77. The molecule has 2 bridgehead atoms. The predicted molar refractivity (Wildman–Crippen MR) is 130 cm³/mol. The minimum atomic E-state index is -0.474. The van der Waals surface area contributed by atoms with Crippen molar-refractivity contribution in [2.75, 3.05) is 9.80 Å². The molecule has 6 nitrogen and oxygen atoms in total. The van der Waals surface area contributed by atoms with E-state index in [2.05, 4.69) is 31.9 Å². The number of anilines is 2. The molecule has 0 spiro atoms. The molecule has 8 atom stereocenters. The van der Waals surface area contributed by atoms with Gasteiger partial charge in [-0.2, -0.15) is 0 Å². The zero-order valence-corrected chi connectivity index (χ0v) is 20.8. The molecular formula is C26H18Br2N2O4. The molecule has 2 aromatic rings. The number of hydrogen-bond acceptors (Lipinski definition) is 4. The molecule has 2 heterocycles. The number of halogens is 2. The predicted octanol–water partition coefficient (Wildman–Crippen LogP) is 4.18. The van der Waals surface area contributed by atoms with Crippen LogP contribution in [0.3, 0.4) is 0 Å². The van der Waals surface area contributed by atoms with E-state index in [1.807, 2.05) is 36.4 Å². The highest BCUT2D eigenvalue weighted by atomic mass is 79.9. The number of carbonyl (C=O) groups excluding carboxylic acids is 4. The van der Waals surface area contributed by atoms with Crippen LogP contribution in [-0.2, 0) is 19.2 Å². The van der Waals surface area contributed by atoms with Crippen molar-refractivity contribution in [3.63, 3.8) is 0 Å². The quantitative estimate of drug-likeness (QED) is 0.394.